The van der Waals surface area contributed by atoms with E-state index in [2.05, 4.69) is 15.4 Å². The molecule has 0 bridgehead atoms. The lowest BCUT2D eigenvalue weighted by molar-refractivity contribution is -0.137. The van der Waals surface area contributed by atoms with Crippen LogP contribution in [-0.2, 0) is 12.7 Å². The minimum Gasteiger partial charge on any atom is -0.480 e. The van der Waals surface area contributed by atoms with Crippen LogP contribution in [-0.4, -0.2) is 46.7 Å². The van der Waals surface area contributed by atoms with Gasteiger partial charge in [-0.25, -0.2) is 13.8 Å². The van der Waals surface area contributed by atoms with Gasteiger partial charge in [0.05, 0.1) is 47.4 Å². The quantitative estimate of drug-likeness (QED) is 0.396. The van der Waals surface area contributed by atoms with Crippen LogP contribution in [0.15, 0.2) is 36.7 Å². The van der Waals surface area contributed by atoms with Crippen LogP contribution in [0.4, 0.5) is 27.6 Å². The SMILES string of the molecule is COc1ncc(C(=O)N2CCC(NC(=O)c3ccc(Cl)cc3C(F)(F)F)c3c2cnn3CC(F)F)cc1Cl. The first-order chi connectivity index (χ1) is 17.9. The van der Waals surface area contributed by atoms with Crippen LogP contribution in [0.3, 0.4) is 0 Å². The van der Waals surface area contributed by atoms with Gasteiger partial charge in [0.25, 0.3) is 18.2 Å². The summed E-state index contributed by atoms with van der Waals surface area (Å²) in [5.74, 6) is -1.59. The van der Waals surface area contributed by atoms with Crippen LogP contribution in [0, 0.1) is 0 Å². The first-order valence-corrected chi connectivity index (χ1v) is 11.7. The lowest BCUT2D eigenvalue weighted by Gasteiger charge is -2.33. The highest BCUT2D eigenvalue weighted by Gasteiger charge is 2.38. The lowest BCUT2D eigenvalue weighted by atomic mass is 10.0. The van der Waals surface area contributed by atoms with Crippen molar-refractivity contribution in [3.8, 4) is 5.88 Å². The molecule has 15 heteroatoms. The summed E-state index contributed by atoms with van der Waals surface area (Å²) in [4.78, 5) is 31.4. The van der Waals surface area contributed by atoms with Gasteiger partial charge in [-0.15, -0.1) is 0 Å². The Morgan fingerprint density at radius 2 is 1.95 bits per heavy atom. The molecule has 2 amide bonds. The van der Waals surface area contributed by atoms with Gasteiger partial charge in [-0.3, -0.25) is 14.3 Å². The minimum atomic E-state index is -4.87. The number of amides is 2. The molecule has 1 unspecified atom stereocenters. The molecular formula is C23H18Cl2F5N5O3. The number of nitrogens with zero attached hydrogens (tertiary/aromatic N) is 4. The third kappa shape index (κ3) is 5.53. The monoisotopic (exact) mass is 577 g/mol. The van der Waals surface area contributed by atoms with Crippen molar-refractivity contribution in [1.29, 1.82) is 0 Å². The Bertz CT molecular complexity index is 1380. The molecule has 1 aliphatic heterocycles. The van der Waals surface area contributed by atoms with Gasteiger partial charge >= 0.3 is 6.18 Å². The van der Waals surface area contributed by atoms with E-state index in [9.17, 15) is 31.5 Å². The molecule has 0 spiro atoms. The van der Waals surface area contributed by atoms with Crippen molar-refractivity contribution < 1.29 is 36.3 Å². The maximum Gasteiger partial charge on any atom is 0.417 e. The maximum atomic E-state index is 13.5. The molecule has 0 fully saturated rings. The van der Waals surface area contributed by atoms with Crippen molar-refractivity contribution in [3.63, 3.8) is 0 Å². The molecule has 0 saturated carbocycles. The largest absolute Gasteiger partial charge is 0.480 e. The Hall–Kier alpha value is -3.45. The van der Waals surface area contributed by atoms with Gasteiger partial charge in [0.15, 0.2) is 0 Å². The fourth-order valence-corrected chi connectivity index (χ4v) is 4.54. The molecule has 0 aliphatic carbocycles. The van der Waals surface area contributed by atoms with E-state index in [4.69, 9.17) is 27.9 Å². The van der Waals surface area contributed by atoms with Crippen LogP contribution in [0.2, 0.25) is 10.0 Å². The number of anilines is 1. The summed E-state index contributed by atoms with van der Waals surface area (Å²) in [6.45, 7) is -0.887. The average Bonchev–Trinajstić information content (AvgIpc) is 3.26. The number of hydrogen-bond acceptors (Lipinski definition) is 5. The molecule has 1 aliphatic rings. The first kappa shape index (κ1) is 27.6. The van der Waals surface area contributed by atoms with Crippen molar-refractivity contribution in [2.75, 3.05) is 18.6 Å². The predicted molar refractivity (Wildman–Crippen MR) is 127 cm³/mol. The van der Waals surface area contributed by atoms with Gasteiger partial charge in [-0.2, -0.15) is 18.3 Å². The number of carbonyl (C=O) groups is 2. The van der Waals surface area contributed by atoms with Gasteiger partial charge in [0.1, 0.15) is 11.6 Å². The average molecular weight is 578 g/mol. The predicted octanol–water partition coefficient (Wildman–Crippen LogP) is 5.40. The Kier molecular flexibility index (Phi) is 7.79. The fraction of sp³-hybridized carbons (Fsp3) is 0.304. The number of fused-ring (bicyclic) bond motifs is 1. The van der Waals surface area contributed by atoms with E-state index in [1.165, 1.54) is 30.5 Å². The number of nitrogens with one attached hydrogen (secondary N) is 1. The van der Waals surface area contributed by atoms with Crippen molar-refractivity contribution in [1.82, 2.24) is 20.1 Å². The zero-order valence-corrected chi connectivity index (χ0v) is 20.9. The number of hydrogen-bond donors (Lipinski definition) is 1. The Balaban J connectivity index is 1.69. The van der Waals surface area contributed by atoms with Crippen molar-refractivity contribution in [2.24, 2.45) is 0 Å². The number of halogens is 7. The Labute approximate surface area is 222 Å². The number of alkyl halides is 5. The van der Waals surface area contributed by atoms with Crippen LogP contribution >= 0.6 is 23.2 Å². The molecule has 1 N–H and O–H groups in total. The van der Waals surface area contributed by atoms with Gasteiger partial charge < -0.3 is 15.0 Å². The molecule has 202 valence electrons. The fourth-order valence-electron chi connectivity index (χ4n) is 4.13. The summed E-state index contributed by atoms with van der Waals surface area (Å²) in [6.07, 6.45) is -5.31. The second kappa shape index (κ2) is 10.7. The second-order valence-electron chi connectivity index (χ2n) is 8.16. The number of carbonyl (C=O) groups excluding carboxylic acids is 2. The van der Waals surface area contributed by atoms with Gasteiger partial charge in [-0.1, -0.05) is 23.2 Å². The van der Waals surface area contributed by atoms with E-state index in [1.54, 1.807) is 0 Å². The maximum absolute atomic E-state index is 13.5. The summed E-state index contributed by atoms with van der Waals surface area (Å²) in [5.41, 5.74) is -1.73. The summed E-state index contributed by atoms with van der Waals surface area (Å²) >= 11 is 11.8. The van der Waals surface area contributed by atoms with E-state index >= 15 is 0 Å². The van der Waals surface area contributed by atoms with Crippen LogP contribution in [0.25, 0.3) is 0 Å². The molecule has 8 nitrogen and oxygen atoms in total. The normalized spacial score (nSPS) is 15.4. The van der Waals surface area contributed by atoms with Crippen LogP contribution < -0.4 is 15.0 Å². The zero-order chi connectivity index (χ0) is 27.8. The number of benzene rings is 1. The summed E-state index contributed by atoms with van der Waals surface area (Å²) in [7, 11) is 1.35. The topological polar surface area (TPSA) is 89.3 Å². The Morgan fingerprint density at radius 3 is 2.58 bits per heavy atom. The van der Waals surface area contributed by atoms with Crippen molar-refractivity contribution in [3.05, 3.63) is 69.1 Å². The van der Waals surface area contributed by atoms with Crippen LogP contribution in [0.1, 0.15) is 44.4 Å². The number of rotatable bonds is 6. The Morgan fingerprint density at radius 1 is 1.21 bits per heavy atom. The third-order valence-corrected chi connectivity index (χ3v) is 6.27. The summed E-state index contributed by atoms with van der Waals surface area (Å²) < 4.78 is 73.1. The second-order valence-corrected chi connectivity index (χ2v) is 9.01. The summed E-state index contributed by atoms with van der Waals surface area (Å²) in [6, 6.07) is 2.98. The first-order valence-electron chi connectivity index (χ1n) is 10.9. The van der Waals surface area contributed by atoms with E-state index in [0.717, 1.165) is 16.8 Å². The van der Waals surface area contributed by atoms with E-state index < -0.39 is 48.1 Å². The molecule has 0 radical (unpaired) electrons. The molecule has 1 atom stereocenters. The molecule has 3 aromatic rings. The molecule has 4 rings (SSSR count). The highest BCUT2D eigenvalue weighted by Crippen LogP contribution is 2.37. The number of methoxy groups -OCH3 is 1. The smallest absolute Gasteiger partial charge is 0.417 e. The molecule has 2 aromatic heterocycles. The molecule has 38 heavy (non-hydrogen) atoms. The number of aromatic nitrogens is 3. The molecule has 1 aromatic carbocycles. The van der Waals surface area contributed by atoms with E-state index in [-0.39, 0.29) is 45.8 Å². The minimum absolute atomic E-state index is 0.00827. The molecular weight excluding hydrogens is 560 g/mol. The molecule has 0 saturated heterocycles. The number of pyridine rings is 1. The van der Waals surface area contributed by atoms with E-state index in [0.29, 0.717) is 6.07 Å². The third-order valence-electron chi connectivity index (χ3n) is 5.76. The molecule has 3 heterocycles. The van der Waals surface area contributed by atoms with Gasteiger partial charge in [-0.05, 0) is 30.7 Å². The zero-order valence-electron chi connectivity index (χ0n) is 19.4. The van der Waals surface area contributed by atoms with Gasteiger partial charge in [0.2, 0.25) is 5.88 Å². The van der Waals surface area contributed by atoms with E-state index in [1.807, 2.05) is 0 Å². The summed E-state index contributed by atoms with van der Waals surface area (Å²) in [5, 5.41) is 6.26. The van der Waals surface area contributed by atoms with Crippen molar-refractivity contribution in [2.45, 2.75) is 31.6 Å². The highest BCUT2D eigenvalue weighted by molar-refractivity contribution is 6.32. The standard InChI is InChI=1S/C23H18Cl2F5N5O3/c1-38-21-15(25)6-11(8-31-21)22(37)34-5-4-16(19-17(34)9-32-35(19)10-18(26)27)33-20(36)13-3-2-12(24)7-14(13)23(28,29)30/h2-3,6-9,16,18H,4-5,10H2,1H3,(H,33,36). The number of ether oxygens (including phenoxy) is 1. The highest BCUT2D eigenvalue weighted by atomic mass is 35.5. The lowest BCUT2D eigenvalue weighted by Crippen LogP contribution is -2.42. The van der Waals surface area contributed by atoms with Gasteiger partial charge in [0, 0.05) is 17.8 Å². The van der Waals surface area contributed by atoms with Crippen LogP contribution in [0.5, 0.6) is 5.88 Å². The van der Waals surface area contributed by atoms with Crippen molar-refractivity contribution >= 4 is 40.7 Å².